The molecule has 0 aliphatic rings. The smallest absolute Gasteiger partial charge is 0.273 e. The molecule has 1 N–H and O–H groups in total. The molecular formula is C17H23N5O. The van der Waals surface area contributed by atoms with Crippen LogP contribution in [0.25, 0.3) is 0 Å². The molecule has 0 aromatic carbocycles. The van der Waals surface area contributed by atoms with E-state index in [0.29, 0.717) is 18.1 Å². The highest BCUT2D eigenvalue weighted by molar-refractivity contribution is 5.91. The van der Waals surface area contributed by atoms with E-state index in [-0.39, 0.29) is 11.4 Å². The number of hydrogen-bond donors (Lipinski definition) is 1. The Kier molecular flexibility index (Phi) is 5.26. The van der Waals surface area contributed by atoms with Gasteiger partial charge in [-0.1, -0.05) is 0 Å². The van der Waals surface area contributed by atoms with Crippen molar-refractivity contribution in [1.82, 2.24) is 19.9 Å². The van der Waals surface area contributed by atoms with Crippen molar-refractivity contribution in [3.05, 3.63) is 48.2 Å². The van der Waals surface area contributed by atoms with Crippen LogP contribution in [0.1, 0.15) is 36.8 Å². The molecule has 0 bridgehead atoms. The molecule has 2 heterocycles. The van der Waals surface area contributed by atoms with Gasteiger partial charge in [0.25, 0.3) is 5.91 Å². The molecule has 2 aromatic rings. The third-order valence-corrected chi connectivity index (χ3v) is 3.21. The number of pyridine rings is 1. The lowest BCUT2D eigenvalue weighted by molar-refractivity contribution is 0.0790. The third-order valence-electron chi connectivity index (χ3n) is 3.21. The van der Waals surface area contributed by atoms with Crippen molar-refractivity contribution in [1.29, 1.82) is 0 Å². The van der Waals surface area contributed by atoms with Crippen LogP contribution in [0.2, 0.25) is 0 Å². The fourth-order valence-electron chi connectivity index (χ4n) is 2.03. The number of aromatic nitrogens is 3. The molecule has 6 nitrogen and oxygen atoms in total. The van der Waals surface area contributed by atoms with Crippen LogP contribution in [0.3, 0.4) is 0 Å². The first-order chi connectivity index (χ1) is 10.8. The Balaban J connectivity index is 1.94. The van der Waals surface area contributed by atoms with Crippen LogP contribution in [-0.2, 0) is 6.42 Å². The van der Waals surface area contributed by atoms with Gasteiger partial charge < -0.3 is 10.2 Å². The predicted octanol–water partition coefficient (Wildman–Crippen LogP) is 2.40. The number of amides is 1. The highest BCUT2D eigenvalue weighted by Crippen LogP contribution is 2.11. The summed E-state index contributed by atoms with van der Waals surface area (Å²) < 4.78 is 0. The largest absolute Gasteiger partial charge is 0.364 e. The molecular weight excluding hydrogens is 290 g/mol. The van der Waals surface area contributed by atoms with Crippen LogP contribution >= 0.6 is 0 Å². The highest BCUT2D eigenvalue weighted by Gasteiger charge is 2.15. The van der Waals surface area contributed by atoms with Gasteiger partial charge in [-0.15, -0.1) is 0 Å². The van der Waals surface area contributed by atoms with Gasteiger partial charge in [0.15, 0.2) is 0 Å². The second-order valence-electron chi connectivity index (χ2n) is 6.49. The van der Waals surface area contributed by atoms with Gasteiger partial charge in [0.05, 0.1) is 12.4 Å². The molecule has 0 saturated heterocycles. The number of anilines is 1. The quantitative estimate of drug-likeness (QED) is 0.918. The first-order valence-corrected chi connectivity index (χ1v) is 7.60. The first kappa shape index (κ1) is 16.9. The molecule has 122 valence electrons. The molecule has 0 spiro atoms. The van der Waals surface area contributed by atoms with Crippen molar-refractivity contribution >= 4 is 11.7 Å². The van der Waals surface area contributed by atoms with E-state index in [2.05, 4.69) is 20.3 Å². The molecule has 0 fully saturated rings. The lowest BCUT2D eigenvalue weighted by Gasteiger charge is -2.21. The fraction of sp³-hybridized carbons (Fsp3) is 0.412. The summed E-state index contributed by atoms with van der Waals surface area (Å²) in [6.45, 7) is 6.74. The average Bonchev–Trinajstić information content (AvgIpc) is 2.52. The topological polar surface area (TPSA) is 71.0 Å². The van der Waals surface area contributed by atoms with Gasteiger partial charge >= 0.3 is 0 Å². The zero-order valence-corrected chi connectivity index (χ0v) is 14.1. The second kappa shape index (κ2) is 7.17. The van der Waals surface area contributed by atoms with Crippen molar-refractivity contribution in [2.24, 2.45) is 0 Å². The summed E-state index contributed by atoms with van der Waals surface area (Å²) in [7, 11) is 1.77. The SMILES string of the molecule is CN(CCc1ccncc1)C(=O)c1cnc(NC(C)(C)C)cn1. The summed E-state index contributed by atoms with van der Waals surface area (Å²) in [6, 6.07) is 3.90. The van der Waals surface area contributed by atoms with Gasteiger partial charge in [0, 0.05) is 31.5 Å². The van der Waals surface area contributed by atoms with Crippen LogP contribution in [0.5, 0.6) is 0 Å². The van der Waals surface area contributed by atoms with Gasteiger partial charge in [0.1, 0.15) is 11.5 Å². The van der Waals surface area contributed by atoms with Crippen molar-refractivity contribution in [3.8, 4) is 0 Å². The van der Waals surface area contributed by atoms with Gasteiger partial charge in [0.2, 0.25) is 0 Å². The molecule has 0 saturated carbocycles. The Bertz CT molecular complexity index is 634. The summed E-state index contributed by atoms with van der Waals surface area (Å²) in [5, 5.41) is 3.22. The summed E-state index contributed by atoms with van der Waals surface area (Å²) >= 11 is 0. The van der Waals surface area contributed by atoms with Crippen molar-refractivity contribution in [3.63, 3.8) is 0 Å². The number of nitrogens with zero attached hydrogens (tertiary/aromatic N) is 4. The fourth-order valence-corrected chi connectivity index (χ4v) is 2.03. The molecule has 1 amide bonds. The number of nitrogens with one attached hydrogen (secondary N) is 1. The molecule has 0 atom stereocenters. The van der Waals surface area contributed by atoms with Crippen LogP contribution in [0.4, 0.5) is 5.82 Å². The molecule has 0 radical (unpaired) electrons. The van der Waals surface area contributed by atoms with Crippen molar-refractivity contribution in [2.45, 2.75) is 32.7 Å². The predicted molar refractivity (Wildman–Crippen MR) is 90.3 cm³/mol. The lowest BCUT2D eigenvalue weighted by atomic mass is 10.1. The van der Waals surface area contributed by atoms with E-state index in [1.54, 1.807) is 30.5 Å². The van der Waals surface area contributed by atoms with Crippen LogP contribution in [0, 0.1) is 0 Å². The van der Waals surface area contributed by atoms with Gasteiger partial charge in [-0.2, -0.15) is 0 Å². The van der Waals surface area contributed by atoms with Crippen LogP contribution in [0.15, 0.2) is 36.9 Å². The van der Waals surface area contributed by atoms with Crippen molar-refractivity contribution < 1.29 is 4.79 Å². The second-order valence-corrected chi connectivity index (χ2v) is 6.49. The van der Waals surface area contributed by atoms with E-state index in [9.17, 15) is 4.79 Å². The monoisotopic (exact) mass is 313 g/mol. The maximum absolute atomic E-state index is 12.4. The maximum atomic E-state index is 12.4. The zero-order chi connectivity index (χ0) is 16.9. The summed E-state index contributed by atoms with van der Waals surface area (Å²) in [4.78, 5) is 26.5. The average molecular weight is 313 g/mol. The van der Waals surface area contributed by atoms with E-state index in [1.165, 1.54) is 6.20 Å². The Morgan fingerprint density at radius 3 is 2.43 bits per heavy atom. The zero-order valence-electron chi connectivity index (χ0n) is 14.1. The Labute approximate surface area is 137 Å². The molecule has 2 aromatic heterocycles. The van der Waals surface area contributed by atoms with Crippen LogP contribution in [-0.4, -0.2) is 44.9 Å². The summed E-state index contributed by atoms with van der Waals surface area (Å²) in [6.07, 6.45) is 7.39. The highest BCUT2D eigenvalue weighted by atomic mass is 16.2. The minimum Gasteiger partial charge on any atom is -0.364 e. The van der Waals surface area contributed by atoms with Crippen molar-refractivity contribution in [2.75, 3.05) is 18.9 Å². The lowest BCUT2D eigenvalue weighted by Crippen LogP contribution is -2.30. The standard InChI is InChI=1S/C17H23N5O/c1-17(2,3)21-15-12-19-14(11-20-15)16(23)22(4)10-7-13-5-8-18-9-6-13/h5-6,8-9,11-12H,7,10H2,1-4H3,(H,20,21). The number of rotatable bonds is 5. The Hall–Kier alpha value is -2.50. The molecule has 0 unspecified atom stereocenters. The number of carbonyl (C=O) groups is 1. The first-order valence-electron chi connectivity index (χ1n) is 7.60. The molecule has 6 heteroatoms. The van der Waals surface area contributed by atoms with Crippen LogP contribution < -0.4 is 5.32 Å². The molecule has 0 aliphatic carbocycles. The number of hydrogen-bond acceptors (Lipinski definition) is 5. The van der Waals surface area contributed by atoms with E-state index in [1.807, 2.05) is 32.9 Å². The van der Waals surface area contributed by atoms with Gasteiger partial charge in [-0.25, -0.2) is 9.97 Å². The minimum absolute atomic E-state index is 0.0957. The molecule has 0 aliphatic heterocycles. The van der Waals surface area contributed by atoms with E-state index in [4.69, 9.17) is 0 Å². The normalized spacial score (nSPS) is 11.1. The Morgan fingerprint density at radius 2 is 1.87 bits per heavy atom. The van der Waals surface area contributed by atoms with Gasteiger partial charge in [-0.05, 0) is 44.9 Å². The van der Waals surface area contributed by atoms with E-state index >= 15 is 0 Å². The summed E-state index contributed by atoms with van der Waals surface area (Å²) in [5.74, 6) is 0.530. The summed E-state index contributed by atoms with van der Waals surface area (Å²) in [5.41, 5.74) is 1.40. The molecule has 2 rings (SSSR count). The number of likely N-dealkylation sites (N-methyl/N-ethyl adjacent to an activating group) is 1. The third kappa shape index (κ3) is 5.32. The Morgan fingerprint density at radius 1 is 1.17 bits per heavy atom. The maximum Gasteiger partial charge on any atom is 0.273 e. The minimum atomic E-state index is -0.131. The number of carbonyl (C=O) groups excluding carboxylic acids is 1. The van der Waals surface area contributed by atoms with E-state index < -0.39 is 0 Å². The van der Waals surface area contributed by atoms with E-state index in [0.717, 1.165) is 12.0 Å². The molecule has 23 heavy (non-hydrogen) atoms. The van der Waals surface area contributed by atoms with Gasteiger partial charge in [-0.3, -0.25) is 9.78 Å².